The molecule has 0 fully saturated rings. The summed E-state index contributed by atoms with van der Waals surface area (Å²) in [4.78, 5) is 0. The molecule has 0 aromatic rings. The van der Waals surface area contributed by atoms with E-state index >= 15 is 0 Å². The van der Waals surface area contributed by atoms with E-state index in [4.69, 9.17) is 0 Å². The summed E-state index contributed by atoms with van der Waals surface area (Å²) in [5, 5.41) is 12.3. The van der Waals surface area contributed by atoms with Gasteiger partial charge in [0, 0.05) is 6.08 Å². The lowest BCUT2D eigenvalue weighted by Gasteiger charge is -2.41. The predicted octanol–water partition coefficient (Wildman–Crippen LogP) is 6.53. The molecule has 0 atom stereocenters. The van der Waals surface area contributed by atoms with Crippen LogP contribution in [-0.4, -0.2) is 46.7 Å². The summed E-state index contributed by atoms with van der Waals surface area (Å²) in [5.74, 6) is 0. The fourth-order valence-electron chi connectivity index (χ4n) is 3.31. The first-order valence-corrected chi connectivity index (χ1v) is 13.5. The molecule has 132 valence electrons. The van der Waals surface area contributed by atoms with E-state index in [0.717, 1.165) is 0 Å². The van der Waals surface area contributed by atoms with Gasteiger partial charge in [0.15, 0.2) is 0 Å². The van der Waals surface area contributed by atoms with E-state index in [9.17, 15) is 5.11 Å². The van der Waals surface area contributed by atoms with Gasteiger partial charge in [-0.3, -0.25) is 0 Å². The molecule has 0 radical (unpaired) electrons. The van der Waals surface area contributed by atoms with Gasteiger partial charge in [0.1, 0.15) is 0 Å². The Morgan fingerprint density at radius 1 is 0.727 bits per heavy atom. The summed E-state index contributed by atoms with van der Waals surface area (Å²) in [6.07, 6.45) is 2.26. The molecule has 0 saturated heterocycles. The predicted molar refractivity (Wildman–Crippen MR) is 111 cm³/mol. The van der Waals surface area contributed by atoms with Crippen molar-refractivity contribution in [3.63, 3.8) is 0 Å². The van der Waals surface area contributed by atoms with Crippen molar-refractivity contribution in [1.29, 1.82) is 0 Å². The second kappa shape index (κ2) is 7.63. The van der Waals surface area contributed by atoms with Gasteiger partial charge < -0.3 is 5.11 Å². The quantitative estimate of drug-likeness (QED) is 0.519. The van der Waals surface area contributed by atoms with Crippen LogP contribution in [0.2, 0.25) is 0 Å². The number of hydrogen-bond donors (Lipinski definition) is 1. The van der Waals surface area contributed by atoms with Crippen molar-refractivity contribution < 1.29 is 5.11 Å². The van der Waals surface area contributed by atoms with Gasteiger partial charge in [0.05, 0.1) is 56.1 Å². The fraction of sp³-hybridized carbons (Fsp3) is 0.895. The zero-order chi connectivity index (χ0) is 18.1. The molecule has 0 aliphatic rings. The lowest BCUT2D eigenvalue weighted by molar-refractivity contribution is 0.133. The first-order chi connectivity index (χ1) is 9.61. The van der Waals surface area contributed by atoms with Crippen LogP contribution in [0.5, 0.6) is 0 Å². The molecule has 0 amide bonds. The Labute approximate surface area is 142 Å². The first-order valence-electron chi connectivity index (χ1n) is 8.79. The third-order valence-corrected chi connectivity index (χ3v) is 19.2. The highest BCUT2D eigenvalue weighted by Crippen LogP contribution is 2.87. The van der Waals surface area contributed by atoms with Gasteiger partial charge in [-0.05, 0) is 69.2 Å². The van der Waals surface area contributed by atoms with E-state index in [1.807, 2.05) is 13.8 Å². The Kier molecular flexibility index (Phi) is 7.82. The molecular formula is C19H42OP2+2. The Morgan fingerprint density at radius 3 is 1.09 bits per heavy atom. The Bertz CT molecular complexity index is 343. The molecule has 0 heterocycles. The molecule has 0 bridgehead atoms. The summed E-state index contributed by atoms with van der Waals surface area (Å²) in [5.41, 5.74) is 1.93. The highest BCUT2D eigenvalue weighted by molar-refractivity contribution is 7.98. The zero-order valence-electron chi connectivity index (χ0n) is 17.2. The van der Waals surface area contributed by atoms with Crippen LogP contribution in [0.4, 0.5) is 0 Å². The second-order valence-corrected chi connectivity index (χ2v) is 18.9. The molecule has 0 rings (SSSR count). The highest BCUT2D eigenvalue weighted by Gasteiger charge is 2.59. The van der Waals surface area contributed by atoms with Gasteiger partial charge in [-0.1, -0.05) is 0 Å². The van der Waals surface area contributed by atoms with Crippen LogP contribution in [0.25, 0.3) is 0 Å². The van der Waals surface area contributed by atoms with Crippen LogP contribution in [0.1, 0.15) is 69.2 Å². The molecule has 1 nitrogen and oxygen atoms in total. The summed E-state index contributed by atoms with van der Waals surface area (Å²) in [7, 11) is -2.60. The van der Waals surface area contributed by atoms with Crippen molar-refractivity contribution >= 4 is 14.5 Å². The minimum Gasteiger partial charge on any atom is -0.386 e. The normalized spacial score (nSPS) is 14.4. The topological polar surface area (TPSA) is 20.2 Å². The minimum atomic E-state index is -1.30. The Hall–Kier alpha value is 0.560. The molecule has 3 heteroatoms. The van der Waals surface area contributed by atoms with E-state index < -0.39 is 20.1 Å². The molecule has 1 N–H and O–H groups in total. The average Bonchev–Trinajstić information content (AvgIpc) is 2.31. The molecule has 0 aliphatic heterocycles. The van der Waals surface area contributed by atoms with Crippen LogP contribution in [0.15, 0.2) is 11.1 Å². The number of aliphatic hydroxyl groups is 1. The monoisotopic (exact) mass is 348 g/mol. The summed E-state index contributed by atoms with van der Waals surface area (Å²) in [6, 6.07) is 0. The van der Waals surface area contributed by atoms with E-state index in [0.29, 0.717) is 22.6 Å². The standard InChI is InChI=1S/C19H42OP2/c1-14(2)21(11,15(3)4)18(13-19(9,10)20)22(12,16(5)6)17(7)8/h13-17,20H,1-12H3/q+2. The van der Waals surface area contributed by atoms with Gasteiger partial charge >= 0.3 is 0 Å². The van der Waals surface area contributed by atoms with Crippen molar-refractivity contribution in [2.24, 2.45) is 0 Å². The van der Waals surface area contributed by atoms with E-state index in [-0.39, 0.29) is 0 Å². The molecule has 0 aliphatic carbocycles. The molecule has 22 heavy (non-hydrogen) atoms. The van der Waals surface area contributed by atoms with Crippen molar-refractivity contribution in [3.8, 4) is 0 Å². The lowest BCUT2D eigenvalue weighted by atomic mass is 10.1. The van der Waals surface area contributed by atoms with Gasteiger partial charge in [-0.2, -0.15) is 0 Å². The van der Waals surface area contributed by atoms with Crippen LogP contribution in [0, 0.1) is 0 Å². The molecule has 0 saturated carbocycles. The molecule has 0 spiro atoms. The van der Waals surface area contributed by atoms with E-state index in [1.165, 1.54) is 0 Å². The van der Waals surface area contributed by atoms with Crippen LogP contribution >= 0.6 is 14.5 Å². The third kappa shape index (κ3) is 4.55. The van der Waals surface area contributed by atoms with Gasteiger partial charge in [0.25, 0.3) is 0 Å². The minimum absolute atomic E-state index is 0.665. The smallest absolute Gasteiger partial charge is 0.202 e. The summed E-state index contributed by atoms with van der Waals surface area (Å²) >= 11 is 0. The Morgan fingerprint density at radius 2 is 0.955 bits per heavy atom. The zero-order valence-corrected chi connectivity index (χ0v) is 19.0. The van der Waals surface area contributed by atoms with Crippen LogP contribution in [0.3, 0.4) is 0 Å². The first kappa shape index (κ1) is 22.6. The van der Waals surface area contributed by atoms with E-state index in [2.05, 4.69) is 74.8 Å². The largest absolute Gasteiger partial charge is 0.386 e. The molecule has 0 aromatic carbocycles. The van der Waals surface area contributed by atoms with Crippen LogP contribution in [-0.2, 0) is 0 Å². The number of rotatable bonds is 7. The molecule has 0 unspecified atom stereocenters. The number of hydrogen-bond acceptors (Lipinski definition) is 1. The second-order valence-electron chi connectivity index (χ2n) is 8.83. The van der Waals surface area contributed by atoms with Crippen LogP contribution < -0.4 is 0 Å². The van der Waals surface area contributed by atoms with Crippen molar-refractivity contribution in [1.82, 2.24) is 0 Å². The highest BCUT2D eigenvalue weighted by atomic mass is 31.2. The summed E-state index contributed by atoms with van der Waals surface area (Å²) < 4.78 is 0. The summed E-state index contributed by atoms with van der Waals surface area (Å²) in [6.45, 7) is 28.0. The SMILES string of the molecule is CC(C)[P+](C)(C(=CC(C)(C)O)[P+](C)(C(C)C)C(C)C)C(C)C. The maximum Gasteiger partial charge on any atom is 0.202 e. The van der Waals surface area contributed by atoms with Gasteiger partial charge in [0.2, 0.25) is 5.06 Å². The molecular weight excluding hydrogens is 306 g/mol. The van der Waals surface area contributed by atoms with Crippen molar-refractivity contribution in [3.05, 3.63) is 11.1 Å². The van der Waals surface area contributed by atoms with Gasteiger partial charge in [-0.25, -0.2) is 0 Å². The maximum absolute atomic E-state index is 10.6. The molecule has 0 aromatic heterocycles. The maximum atomic E-state index is 10.6. The Balaban J connectivity index is 6.60. The lowest BCUT2D eigenvalue weighted by Crippen LogP contribution is -2.27. The van der Waals surface area contributed by atoms with Crippen molar-refractivity contribution in [2.75, 3.05) is 13.3 Å². The third-order valence-electron chi connectivity index (χ3n) is 5.76. The fourth-order valence-corrected chi connectivity index (χ4v) is 15.5. The average molecular weight is 348 g/mol. The van der Waals surface area contributed by atoms with E-state index in [1.54, 1.807) is 5.06 Å². The van der Waals surface area contributed by atoms with Crippen molar-refractivity contribution in [2.45, 2.75) is 97.5 Å². The van der Waals surface area contributed by atoms with Gasteiger partial charge in [-0.15, -0.1) is 0 Å².